The van der Waals surface area contributed by atoms with Gasteiger partial charge >= 0.3 is 6.03 Å². The molecule has 5 heteroatoms. The van der Waals surface area contributed by atoms with E-state index in [1.54, 1.807) is 0 Å². The lowest BCUT2D eigenvalue weighted by Crippen LogP contribution is -2.44. The Morgan fingerprint density at radius 3 is 2.44 bits per heavy atom. The standard InChI is InChI=1S/C11H23N3O2/c1-4-6-8-14(3)9-10(15)13-11(16)12-7-5-2/h4-9H2,1-3H3,(H2,12,13,15,16). The monoisotopic (exact) mass is 229 g/mol. The van der Waals surface area contributed by atoms with Crippen molar-refractivity contribution in [2.75, 3.05) is 26.7 Å². The molecule has 0 saturated carbocycles. The van der Waals surface area contributed by atoms with Crippen molar-refractivity contribution in [3.8, 4) is 0 Å². The molecule has 0 aromatic carbocycles. The summed E-state index contributed by atoms with van der Waals surface area (Å²) in [4.78, 5) is 24.4. The fraction of sp³-hybridized carbons (Fsp3) is 0.818. The van der Waals surface area contributed by atoms with Gasteiger partial charge in [-0.25, -0.2) is 4.79 Å². The van der Waals surface area contributed by atoms with E-state index in [0.29, 0.717) is 6.54 Å². The zero-order valence-corrected chi connectivity index (χ0v) is 10.5. The Hall–Kier alpha value is -1.10. The minimum atomic E-state index is -0.407. The first-order chi connectivity index (χ1) is 7.60. The fourth-order valence-corrected chi connectivity index (χ4v) is 1.20. The van der Waals surface area contributed by atoms with E-state index >= 15 is 0 Å². The third-order valence-corrected chi connectivity index (χ3v) is 2.10. The molecule has 0 atom stereocenters. The molecule has 16 heavy (non-hydrogen) atoms. The average molecular weight is 229 g/mol. The van der Waals surface area contributed by atoms with Crippen LogP contribution in [-0.4, -0.2) is 43.5 Å². The largest absolute Gasteiger partial charge is 0.338 e. The van der Waals surface area contributed by atoms with Crippen molar-refractivity contribution >= 4 is 11.9 Å². The van der Waals surface area contributed by atoms with Crippen LogP contribution < -0.4 is 10.6 Å². The maximum Gasteiger partial charge on any atom is 0.321 e. The first-order valence-electron chi connectivity index (χ1n) is 5.86. The molecule has 0 aromatic rings. The van der Waals surface area contributed by atoms with E-state index in [1.165, 1.54) is 0 Å². The van der Waals surface area contributed by atoms with Crippen molar-refractivity contribution in [2.45, 2.75) is 33.1 Å². The Balaban J connectivity index is 3.67. The number of carbonyl (C=O) groups excluding carboxylic acids is 2. The van der Waals surface area contributed by atoms with Gasteiger partial charge in [0, 0.05) is 6.54 Å². The highest BCUT2D eigenvalue weighted by Crippen LogP contribution is 1.90. The number of nitrogens with zero attached hydrogens (tertiary/aromatic N) is 1. The normalized spacial score (nSPS) is 10.2. The molecule has 0 rings (SSSR count). The van der Waals surface area contributed by atoms with Crippen molar-refractivity contribution in [1.29, 1.82) is 0 Å². The smallest absolute Gasteiger partial charge is 0.321 e. The summed E-state index contributed by atoms with van der Waals surface area (Å²) in [6.45, 7) is 5.79. The molecule has 0 saturated heterocycles. The van der Waals surface area contributed by atoms with E-state index in [2.05, 4.69) is 17.6 Å². The van der Waals surface area contributed by atoms with E-state index in [4.69, 9.17) is 0 Å². The lowest BCUT2D eigenvalue weighted by molar-refractivity contribution is -0.120. The molecule has 5 nitrogen and oxygen atoms in total. The highest BCUT2D eigenvalue weighted by molar-refractivity contribution is 5.95. The van der Waals surface area contributed by atoms with Crippen LogP contribution in [0.15, 0.2) is 0 Å². The van der Waals surface area contributed by atoms with Crippen molar-refractivity contribution < 1.29 is 9.59 Å². The fourth-order valence-electron chi connectivity index (χ4n) is 1.20. The van der Waals surface area contributed by atoms with Crippen LogP contribution in [-0.2, 0) is 4.79 Å². The zero-order chi connectivity index (χ0) is 12.4. The Labute approximate surface area is 97.6 Å². The van der Waals surface area contributed by atoms with Crippen LogP contribution in [0.1, 0.15) is 33.1 Å². The summed E-state index contributed by atoms with van der Waals surface area (Å²) < 4.78 is 0. The number of amides is 3. The summed E-state index contributed by atoms with van der Waals surface area (Å²) in [5.74, 6) is -0.257. The number of unbranched alkanes of at least 4 members (excludes halogenated alkanes) is 1. The number of likely N-dealkylation sites (N-methyl/N-ethyl adjacent to an activating group) is 1. The van der Waals surface area contributed by atoms with Gasteiger partial charge in [0.15, 0.2) is 0 Å². The van der Waals surface area contributed by atoms with E-state index in [9.17, 15) is 9.59 Å². The zero-order valence-electron chi connectivity index (χ0n) is 10.5. The molecule has 94 valence electrons. The number of imide groups is 1. The van der Waals surface area contributed by atoms with Crippen molar-refractivity contribution in [1.82, 2.24) is 15.5 Å². The Bertz CT molecular complexity index is 219. The van der Waals surface area contributed by atoms with Crippen LogP contribution in [0.25, 0.3) is 0 Å². The predicted octanol–water partition coefficient (Wildman–Crippen LogP) is 0.954. The summed E-state index contributed by atoms with van der Waals surface area (Å²) in [5, 5.41) is 4.88. The predicted molar refractivity (Wildman–Crippen MR) is 64.2 cm³/mol. The molecule has 0 spiro atoms. The van der Waals surface area contributed by atoms with Crippen LogP contribution in [0.3, 0.4) is 0 Å². The van der Waals surface area contributed by atoms with Crippen LogP contribution in [0, 0.1) is 0 Å². The summed E-state index contributed by atoms with van der Waals surface area (Å²) in [6.07, 6.45) is 3.02. The van der Waals surface area contributed by atoms with Gasteiger partial charge in [0.1, 0.15) is 0 Å². The number of nitrogens with one attached hydrogen (secondary N) is 2. The summed E-state index contributed by atoms with van der Waals surface area (Å²) in [5.41, 5.74) is 0. The third-order valence-electron chi connectivity index (χ3n) is 2.10. The van der Waals surface area contributed by atoms with Gasteiger partial charge in [-0.15, -0.1) is 0 Å². The first-order valence-corrected chi connectivity index (χ1v) is 5.86. The van der Waals surface area contributed by atoms with E-state index < -0.39 is 6.03 Å². The highest BCUT2D eigenvalue weighted by atomic mass is 16.2. The molecule has 0 bridgehead atoms. The SMILES string of the molecule is CCCCN(C)CC(=O)NC(=O)NCCC. The Morgan fingerprint density at radius 2 is 1.88 bits per heavy atom. The molecule has 2 N–H and O–H groups in total. The minimum Gasteiger partial charge on any atom is -0.338 e. The summed E-state index contributed by atoms with van der Waals surface area (Å²) in [6, 6.07) is -0.407. The van der Waals surface area contributed by atoms with Gasteiger partial charge in [0.05, 0.1) is 6.54 Å². The average Bonchev–Trinajstić information content (AvgIpc) is 2.23. The van der Waals surface area contributed by atoms with E-state index in [-0.39, 0.29) is 12.5 Å². The van der Waals surface area contributed by atoms with E-state index in [1.807, 2.05) is 18.9 Å². The van der Waals surface area contributed by atoms with Gasteiger partial charge in [0.25, 0.3) is 0 Å². The number of rotatable bonds is 7. The molecular weight excluding hydrogens is 206 g/mol. The molecule has 0 aliphatic rings. The third kappa shape index (κ3) is 8.23. The van der Waals surface area contributed by atoms with Gasteiger partial charge in [-0.3, -0.25) is 15.0 Å². The lowest BCUT2D eigenvalue weighted by atomic mass is 10.3. The van der Waals surface area contributed by atoms with Gasteiger partial charge < -0.3 is 5.32 Å². The Morgan fingerprint density at radius 1 is 1.19 bits per heavy atom. The van der Waals surface area contributed by atoms with E-state index in [0.717, 1.165) is 25.8 Å². The Kier molecular flexibility index (Phi) is 8.52. The van der Waals surface area contributed by atoms with Crippen molar-refractivity contribution in [2.24, 2.45) is 0 Å². The number of carbonyl (C=O) groups is 2. The molecule has 3 amide bonds. The molecule has 0 heterocycles. The summed E-state index contributed by atoms with van der Waals surface area (Å²) >= 11 is 0. The van der Waals surface area contributed by atoms with Gasteiger partial charge in [0.2, 0.25) is 5.91 Å². The van der Waals surface area contributed by atoms with Crippen molar-refractivity contribution in [3.05, 3.63) is 0 Å². The number of hydrogen-bond acceptors (Lipinski definition) is 3. The summed E-state index contributed by atoms with van der Waals surface area (Å²) in [7, 11) is 1.87. The number of urea groups is 1. The maximum absolute atomic E-state index is 11.4. The first kappa shape index (κ1) is 14.9. The highest BCUT2D eigenvalue weighted by Gasteiger charge is 2.09. The second kappa shape index (κ2) is 9.15. The number of hydrogen-bond donors (Lipinski definition) is 2. The molecule has 0 aromatic heterocycles. The van der Waals surface area contributed by atoms with Crippen LogP contribution in [0.2, 0.25) is 0 Å². The van der Waals surface area contributed by atoms with Crippen molar-refractivity contribution in [3.63, 3.8) is 0 Å². The topological polar surface area (TPSA) is 61.4 Å². The molecule has 0 unspecified atom stereocenters. The van der Waals surface area contributed by atoms with Crippen LogP contribution in [0.5, 0.6) is 0 Å². The molecule has 0 radical (unpaired) electrons. The van der Waals surface area contributed by atoms with Gasteiger partial charge in [-0.05, 0) is 26.4 Å². The lowest BCUT2D eigenvalue weighted by Gasteiger charge is -2.15. The van der Waals surface area contributed by atoms with Crippen LogP contribution in [0.4, 0.5) is 4.79 Å². The van der Waals surface area contributed by atoms with Gasteiger partial charge in [-0.1, -0.05) is 20.3 Å². The van der Waals surface area contributed by atoms with Crippen LogP contribution >= 0.6 is 0 Å². The second-order valence-corrected chi connectivity index (χ2v) is 3.90. The molecule has 0 aliphatic carbocycles. The molecule has 0 aliphatic heterocycles. The molecular formula is C11H23N3O2. The van der Waals surface area contributed by atoms with Gasteiger partial charge in [-0.2, -0.15) is 0 Å². The quantitative estimate of drug-likeness (QED) is 0.683. The maximum atomic E-state index is 11.4. The second-order valence-electron chi connectivity index (χ2n) is 3.90. The molecule has 0 fully saturated rings. The minimum absolute atomic E-state index is 0.257.